The van der Waals surface area contributed by atoms with E-state index in [4.69, 9.17) is 5.26 Å². The van der Waals surface area contributed by atoms with Gasteiger partial charge in [-0.15, -0.1) is 10.2 Å². The van der Waals surface area contributed by atoms with E-state index in [0.717, 1.165) is 19.5 Å². The topological polar surface area (TPSA) is 62.5 Å². The second-order valence-corrected chi connectivity index (χ2v) is 7.20. The number of aromatic nitrogens is 3. The molecule has 2 aromatic rings. The molecule has 0 saturated heterocycles. The summed E-state index contributed by atoms with van der Waals surface area (Å²) in [6.45, 7) is 2.18. The normalized spacial score (nSPS) is 10.3. The molecule has 2 aromatic heterocycles. The Morgan fingerprint density at radius 3 is 2.95 bits per heavy atom. The minimum absolute atomic E-state index is 0.423. The lowest BCUT2D eigenvalue weighted by molar-refractivity contribution is 0.892. The highest BCUT2D eigenvalue weighted by molar-refractivity contribution is 8.03. The molecule has 0 atom stereocenters. The molecule has 7 heteroatoms. The Kier molecular flexibility index (Phi) is 5.63. The van der Waals surface area contributed by atoms with E-state index >= 15 is 0 Å². The van der Waals surface area contributed by atoms with Crippen LogP contribution < -0.4 is 0 Å². The van der Waals surface area contributed by atoms with Crippen LogP contribution in [0.5, 0.6) is 0 Å². The Balaban J connectivity index is 1.97. The molecule has 2 rings (SSSR count). The molecule has 0 saturated carbocycles. The Morgan fingerprint density at radius 1 is 1.32 bits per heavy atom. The predicted octanol–water partition coefficient (Wildman–Crippen LogP) is 3.85. The summed E-state index contributed by atoms with van der Waals surface area (Å²) in [6, 6.07) is 7.42. The molecule has 0 fully saturated rings. The highest BCUT2D eigenvalue weighted by Crippen LogP contribution is 2.32. The van der Waals surface area contributed by atoms with Crippen molar-refractivity contribution < 1.29 is 0 Å². The third-order valence-electron chi connectivity index (χ3n) is 2.14. The average molecular weight is 308 g/mol. The van der Waals surface area contributed by atoms with Crippen LogP contribution in [0.3, 0.4) is 0 Å². The number of nitriles is 1. The van der Waals surface area contributed by atoms with Crippen LogP contribution in [0.15, 0.2) is 31.9 Å². The highest BCUT2D eigenvalue weighted by atomic mass is 32.2. The third kappa shape index (κ3) is 4.49. The largest absolute Gasteiger partial charge is 0.230 e. The maximum absolute atomic E-state index is 8.80. The van der Waals surface area contributed by atoms with Crippen LogP contribution in [0.2, 0.25) is 0 Å². The van der Waals surface area contributed by atoms with Gasteiger partial charge in [-0.1, -0.05) is 42.5 Å². The van der Waals surface area contributed by atoms with Crippen LogP contribution >= 0.6 is 34.9 Å². The van der Waals surface area contributed by atoms with E-state index in [1.165, 1.54) is 24.6 Å². The summed E-state index contributed by atoms with van der Waals surface area (Å²) in [5.41, 5.74) is 0.423. The first-order chi connectivity index (χ1) is 9.31. The molecule has 0 aliphatic rings. The summed E-state index contributed by atoms with van der Waals surface area (Å²) in [5.74, 6) is 1.08. The van der Waals surface area contributed by atoms with E-state index in [1.54, 1.807) is 29.2 Å². The van der Waals surface area contributed by atoms with Crippen LogP contribution in [0.25, 0.3) is 0 Å². The van der Waals surface area contributed by atoms with Crippen molar-refractivity contribution >= 4 is 34.9 Å². The predicted molar refractivity (Wildman–Crippen MR) is 78.6 cm³/mol. The van der Waals surface area contributed by atoms with Crippen molar-refractivity contribution in [3.05, 3.63) is 23.9 Å². The summed E-state index contributed by atoms with van der Waals surface area (Å²) in [7, 11) is 0. The molecule has 0 radical (unpaired) electrons. The molecule has 0 aliphatic heterocycles. The molecule has 2 heterocycles. The van der Waals surface area contributed by atoms with E-state index in [2.05, 4.69) is 22.1 Å². The zero-order valence-corrected chi connectivity index (χ0v) is 12.8. The second-order valence-electron chi connectivity index (χ2n) is 3.61. The molecule has 0 aliphatic carbocycles. The van der Waals surface area contributed by atoms with Crippen molar-refractivity contribution in [2.24, 2.45) is 0 Å². The second kappa shape index (κ2) is 7.48. The Hall–Kier alpha value is -1.10. The smallest absolute Gasteiger partial charge is 0.181 e. The van der Waals surface area contributed by atoms with Crippen LogP contribution in [-0.2, 0) is 0 Å². The quantitative estimate of drug-likeness (QED) is 0.596. The van der Waals surface area contributed by atoms with Gasteiger partial charge >= 0.3 is 0 Å². The fourth-order valence-electron chi connectivity index (χ4n) is 1.22. The molecule has 0 bridgehead atoms. The minimum Gasteiger partial charge on any atom is -0.230 e. The lowest BCUT2D eigenvalue weighted by atomic mass is 10.4. The molecule has 0 amide bonds. The summed E-state index contributed by atoms with van der Waals surface area (Å²) >= 11 is 4.76. The number of nitrogens with zero attached hydrogens (tertiary/aromatic N) is 4. The molecule has 0 spiro atoms. The van der Waals surface area contributed by atoms with Gasteiger partial charge in [-0.25, -0.2) is 4.98 Å². The number of hydrogen-bond donors (Lipinski definition) is 0. The number of unbranched alkanes of at least 4 members (excludes halogenated alkanes) is 1. The highest BCUT2D eigenvalue weighted by Gasteiger charge is 2.07. The maximum Gasteiger partial charge on any atom is 0.181 e. The minimum atomic E-state index is 0.423. The summed E-state index contributed by atoms with van der Waals surface area (Å²) in [6.07, 6.45) is 2.39. The van der Waals surface area contributed by atoms with Gasteiger partial charge in [0.15, 0.2) is 8.68 Å². The molecule has 98 valence electrons. The van der Waals surface area contributed by atoms with Gasteiger partial charge in [0, 0.05) is 5.75 Å². The van der Waals surface area contributed by atoms with Crippen molar-refractivity contribution in [3.63, 3.8) is 0 Å². The first-order valence-electron chi connectivity index (χ1n) is 5.83. The first kappa shape index (κ1) is 14.3. The van der Waals surface area contributed by atoms with Crippen molar-refractivity contribution in [1.82, 2.24) is 15.2 Å². The number of hydrogen-bond acceptors (Lipinski definition) is 7. The fraction of sp³-hybridized carbons (Fsp3) is 0.333. The standard InChI is InChI=1S/C12H12N4S3/c1-2-3-7-17-11-15-16-12(19-11)18-10-6-4-5-9(8-13)14-10/h4-6H,2-3,7H2,1H3. The van der Waals surface area contributed by atoms with Crippen molar-refractivity contribution in [2.75, 3.05) is 5.75 Å². The summed E-state index contributed by atoms with van der Waals surface area (Å²) in [5, 5.41) is 17.9. The third-order valence-corrected chi connectivity index (χ3v) is 5.27. The van der Waals surface area contributed by atoms with Gasteiger partial charge in [0.1, 0.15) is 16.8 Å². The Bertz CT molecular complexity index is 576. The van der Waals surface area contributed by atoms with Crippen molar-refractivity contribution in [1.29, 1.82) is 5.26 Å². The molecular weight excluding hydrogens is 296 g/mol. The van der Waals surface area contributed by atoms with Gasteiger partial charge in [0.2, 0.25) is 0 Å². The van der Waals surface area contributed by atoms with Crippen LogP contribution in [0.1, 0.15) is 25.5 Å². The monoisotopic (exact) mass is 308 g/mol. The lowest BCUT2D eigenvalue weighted by Gasteiger charge is -1.95. The lowest BCUT2D eigenvalue weighted by Crippen LogP contribution is -1.84. The molecule has 19 heavy (non-hydrogen) atoms. The zero-order chi connectivity index (χ0) is 13.5. The fourth-order valence-corrected chi connectivity index (χ4v) is 4.33. The Morgan fingerprint density at radius 2 is 2.16 bits per heavy atom. The Labute approximate surface area is 124 Å². The van der Waals surface area contributed by atoms with Gasteiger partial charge in [-0.2, -0.15) is 5.26 Å². The SMILES string of the molecule is CCCCSc1nnc(Sc2cccc(C#N)n2)s1. The van der Waals surface area contributed by atoms with E-state index in [1.807, 2.05) is 18.2 Å². The van der Waals surface area contributed by atoms with E-state index in [9.17, 15) is 0 Å². The molecular formula is C12H12N4S3. The van der Waals surface area contributed by atoms with Crippen molar-refractivity contribution in [2.45, 2.75) is 33.5 Å². The van der Waals surface area contributed by atoms with E-state index in [0.29, 0.717) is 5.69 Å². The van der Waals surface area contributed by atoms with Crippen LogP contribution in [0, 0.1) is 11.3 Å². The molecule has 0 aromatic carbocycles. The number of thioether (sulfide) groups is 1. The van der Waals surface area contributed by atoms with Gasteiger partial charge in [0.05, 0.1) is 0 Å². The van der Waals surface area contributed by atoms with Gasteiger partial charge in [0.25, 0.3) is 0 Å². The zero-order valence-electron chi connectivity index (χ0n) is 10.4. The van der Waals surface area contributed by atoms with Gasteiger partial charge in [-0.05, 0) is 30.3 Å². The molecule has 0 N–H and O–H groups in total. The van der Waals surface area contributed by atoms with E-state index < -0.39 is 0 Å². The molecule has 4 nitrogen and oxygen atoms in total. The number of rotatable bonds is 6. The summed E-state index contributed by atoms with van der Waals surface area (Å²) in [4.78, 5) is 4.21. The van der Waals surface area contributed by atoms with Crippen LogP contribution in [-0.4, -0.2) is 20.9 Å². The first-order valence-corrected chi connectivity index (χ1v) is 8.45. The molecule has 0 unspecified atom stereocenters. The average Bonchev–Trinajstić information content (AvgIpc) is 2.87. The van der Waals surface area contributed by atoms with E-state index in [-0.39, 0.29) is 0 Å². The number of pyridine rings is 1. The summed E-state index contributed by atoms with van der Waals surface area (Å²) < 4.78 is 1.86. The van der Waals surface area contributed by atoms with Gasteiger partial charge < -0.3 is 0 Å². The van der Waals surface area contributed by atoms with Crippen molar-refractivity contribution in [3.8, 4) is 6.07 Å². The van der Waals surface area contributed by atoms with Crippen LogP contribution in [0.4, 0.5) is 0 Å². The maximum atomic E-state index is 8.80. The van der Waals surface area contributed by atoms with Gasteiger partial charge in [-0.3, -0.25) is 0 Å².